The van der Waals surface area contributed by atoms with E-state index in [-0.39, 0.29) is 0 Å². The lowest BCUT2D eigenvalue weighted by molar-refractivity contribution is 1.30. The van der Waals surface area contributed by atoms with Gasteiger partial charge in [-0.25, -0.2) is 0 Å². The highest BCUT2D eigenvalue weighted by atomic mass is 35.5. The molecule has 0 radical (unpaired) electrons. The van der Waals surface area contributed by atoms with Crippen LogP contribution in [0.3, 0.4) is 0 Å². The van der Waals surface area contributed by atoms with Crippen LogP contribution in [-0.4, -0.2) is 0 Å². The minimum atomic E-state index is 0.720. The minimum Gasteiger partial charge on any atom is -0.310 e. The van der Waals surface area contributed by atoms with Gasteiger partial charge in [-0.3, -0.25) is 0 Å². The molecule has 0 spiro atoms. The summed E-state index contributed by atoms with van der Waals surface area (Å²) in [5.41, 5.74) is 11.3. The average molecular weight is 755 g/mol. The van der Waals surface area contributed by atoms with Gasteiger partial charge in [-0.2, -0.15) is 0 Å². The van der Waals surface area contributed by atoms with E-state index in [1.54, 1.807) is 0 Å². The maximum absolute atomic E-state index is 6.61. The second kappa shape index (κ2) is 14.5. The van der Waals surface area contributed by atoms with Crippen LogP contribution in [0.2, 0.25) is 5.02 Å². The van der Waals surface area contributed by atoms with Gasteiger partial charge in [0.1, 0.15) is 0 Å². The fourth-order valence-corrected chi connectivity index (χ4v) is 9.28. The van der Waals surface area contributed by atoms with Gasteiger partial charge in [-0.05, 0) is 119 Å². The van der Waals surface area contributed by atoms with E-state index in [4.69, 9.17) is 11.6 Å². The van der Waals surface area contributed by atoms with Gasteiger partial charge in [-0.1, -0.05) is 133 Å². The Hall–Kier alpha value is -6.65. The van der Waals surface area contributed by atoms with Crippen LogP contribution < -0.4 is 9.80 Å². The summed E-state index contributed by atoms with van der Waals surface area (Å²) in [6, 6.07) is 75.7. The predicted octanol–water partition coefficient (Wildman–Crippen LogP) is 16.1. The largest absolute Gasteiger partial charge is 0.310 e. The second-order valence-corrected chi connectivity index (χ2v) is 15.4. The fraction of sp³-hybridized carbons (Fsp3) is 0. The van der Waals surface area contributed by atoms with E-state index in [0.717, 1.165) is 50.3 Å². The summed E-state index contributed by atoms with van der Waals surface area (Å²) in [5.74, 6) is 0. The minimum absolute atomic E-state index is 0.720. The van der Waals surface area contributed by atoms with Crippen LogP contribution in [0.5, 0.6) is 0 Å². The molecule has 0 atom stereocenters. The van der Waals surface area contributed by atoms with Gasteiger partial charge in [0.2, 0.25) is 0 Å². The van der Waals surface area contributed by atoms with E-state index in [2.05, 4.69) is 210 Å². The quantitative estimate of drug-likeness (QED) is 0.152. The first-order chi connectivity index (χ1) is 27.7. The van der Waals surface area contributed by atoms with Crippen LogP contribution in [0.25, 0.3) is 53.2 Å². The van der Waals surface area contributed by atoms with E-state index < -0.39 is 0 Å². The molecular weight excluding hydrogens is 720 g/mol. The number of nitrogens with zero attached hydrogens (tertiary/aromatic N) is 2. The van der Waals surface area contributed by atoms with E-state index in [0.29, 0.717) is 0 Å². The van der Waals surface area contributed by atoms with Crippen molar-refractivity contribution in [1.82, 2.24) is 0 Å². The van der Waals surface area contributed by atoms with Crippen molar-refractivity contribution in [3.05, 3.63) is 217 Å². The lowest BCUT2D eigenvalue weighted by Gasteiger charge is -2.27. The Labute approximate surface area is 335 Å². The molecule has 0 aliphatic rings. The number of halogens is 1. The standard InChI is InChI=1S/C52H35ClN2S/c53-39-17-15-16-36(32-39)38-34-48-47-33-37(28-31-51(47)56-52(48)50(35-38)55(42-22-9-3-10-23-42)43-24-11-4-12-25-43)44-29-30-49(46-27-14-13-26-45(44)46)54(40-18-5-1-6-19-40)41-20-7-2-8-21-41/h1-35H. The summed E-state index contributed by atoms with van der Waals surface area (Å²) in [6.07, 6.45) is 0. The summed E-state index contributed by atoms with van der Waals surface area (Å²) >= 11 is 8.45. The number of rotatable bonds is 8. The molecule has 56 heavy (non-hydrogen) atoms. The Morgan fingerprint density at radius 1 is 0.339 bits per heavy atom. The highest BCUT2D eigenvalue weighted by Crippen LogP contribution is 2.48. The van der Waals surface area contributed by atoms with Crippen molar-refractivity contribution >= 4 is 88.0 Å². The maximum atomic E-state index is 6.61. The summed E-state index contributed by atoms with van der Waals surface area (Å²) in [5, 5.41) is 5.58. The lowest BCUT2D eigenvalue weighted by Crippen LogP contribution is -2.10. The SMILES string of the molecule is Clc1cccc(-c2cc(N(c3ccccc3)c3ccccc3)c3sc4ccc(-c5ccc(N(c6ccccc6)c6ccccc6)c6ccccc56)cc4c3c2)c1. The Bertz CT molecular complexity index is 2900. The molecule has 0 unspecified atom stereocenters. The smallest absolute Gasteiger partial charge is 0.0646 e. The van der Waals surface area contributed by atoms with Gasteiger partial charge in [0.05, 0.1) is 16.1 Å². The molecule has 1 aromatic heterocycles. The Morgan fingerprint density at radius 2 is 0.875 bits per heavy atom. The molecule has 9 aromatic carbocycles. The van der Waals surface area contributed by atoms with Crippen LogP contribution in [0.4, 0.5) is 34.1 Å². The summed E-state index contributed by atoms with van der Waals surface area (Å²) in [6.45, 7) is 0. The molecule has 0 saturated carbocycles. The Balaban J connectivity index is 1.19. The molecule has 0 fully saturated rings. The third kappa shape index (κ3) is 6.17. The fourth-order valence-electron chi connectivity index (χ4n) is 7.92. The third-order valence-electron chi connectivity index (χ3n) is 10.5. The first kappa shape index (κ1) is 33.9. The summed E-state index contributed by atoms with van der Waals surface area (Å²) in [4.78, 5) is 4.73. The number of anilines is 6. The van der Waals surface area contributed by atoms with E-state index in [9.17, 15) is 0 Å². The van der Waals surface area contributed by atoms with Crippen molar-refractivity contribution in [3.8, 4) is 22.3 Å². The van der Waals surface area contributed by atoms with Crippen molar-refractivity contribution in [2.75, 3.05) is 9.80 Å². The zero-order valence-corrected chi connectivity index (χ0v) is 32.0. The van der Waals surface area contributed by atoms with Crippen LogP contribution in [0.1, 0.15) is 0 Å². The predicted molar refractivity (Wildman–Crippen MR) is 242 cm³/mol. The van der Waals surface area contributed by atoms with Gasteiger partial charge in [0.25, 0.3) is 0 Å². The summed E-state index contributed by atoms with van der Waals surface area (Å²) < 4.78 is 2.48. The van der Waals surface area contributed by atoms with Gasteiger partial charge in [0, 0.05) is 48.6 Å². The molecule has 2 nitrogen and oxygen atoms in total. The molecule has 0 N–H and O–H groups in total. The summed E-state index contributed by atoms with van der Waals surface area (Å²) in [7, 11) is 0. The molecule has 0 amide bonds. The first-order valence-corrected chi connectivity index (χ1v) is 20.0. The van der Waals surface area contributed by atoms with E-state index in [1.165, 1.54) is 42.1 Å². The van der Waals surface area contributed by atoms with Crippen LogP contribution in [0.15, 0.2) is 212 Å². The monoisotopic (exact) mass is 754 g/mol. The maximum Gasteiger partial charge on any atom is 0.0646 e. The van der Waals surface area contributed by atoms with Crippen molar-refractivity contribution in [1.29, 1.82) is 0 Å². The van der Waals surface area contributed by atoms with Crippen molar-refractivity contribution in [2.45, 2.75) is 0 Å². The zero-order chi connectivity index (χ0) is 37.4. The normalized spacial score (nSPS) is 11.3. The molecule has 4 heteroatoms. The van der Waals surface area contributed by atoms with Gasteiger partial charge in [-0.15, -0.1) is 11.3 Å². The molecule has 1 heterocycles. The van der Waals surface area contributed by atoms with Crippen LogP contribution in [-0.2, 0) is 0 Å². The topological polar surface area (TPSA) is 6.48 Å². The molecule has 0 aliphatic carbocycles. The number of benzene rings is 9. The Kier molecular flexibility index (Phi) is 8.80. The van der Waals surface area contributed by atoms with Crippen LogP contribution >= 0.6 is 22.9 Å². The van der Waals surface area contributed by atoms with E-state index >= 15 is 0 Å². The Morgan fingerprint density at radius 3 is 1.46 bits per heavy atom. The molecule has 10 aromatic rings. The molecule has 0 bridgehead atoms. The number of hydrogen-bond donors (Lipinski definition) is 0. The zero-order valence-electron chi connectivity index (χ0n) is 30.4. The molecule has 10 rings (SSSR count). The van der Waals surface area contributed by atoms with E-state index in [1.807, 2.05) is 23.5 Å². The molecule has 0 saturated heterocycles. The molecule has 266 valence electrons. The number of thiophene rings is 1. The highest BCUT2D eigenvalue weighted by molar-refractivity contribution is 7.26. The number of fused-ring (bicyclic) bond motifs is 4. The second-order valence-electron chi connectivity index (χ2n) is 13.9. The van der Waals surface area contributed by atoms with Gasteiger partial charge >= 0.3 is 0 Å². The number of hydrogen-bond acceptors (Lipinski definition) is 3. The van der Waals surface area contributed by atoms with Crippen LogP contribution in [0, 0.1) is 0 Å². The highest BCUT2D eigenvalue weighted by Gasteiger charge is 2.21. The molecular formula is C52H35ClN2S. The number of para-hydroxylation sites is 4. The first-order valence-electron chi connectivity index (χ1n) is 18.8. The lowest BCUT2D eigenvalue weighted by atomic mass is 9.94. The third-order valence-corrected chi connectivity index (χ3v) is 11.9. The van der Waals surface area contributed by atoms with Gasteiger partial charge < -0.3 is 9.80 Å². The van der Waals surface area contributed by atoms with Crippen molar-refractivity contribution in [3.63, 3.8) is 0 Å². The average Bonchev–Trinajstić information content (AvgIpc) is 3.63. The molecule has 0 aliphatic heterocycles. The van der Waals surface area contributed by atoms with Crippen molar-refractivity contribution in [2.24, 2.45) is 0 Å². The van der Waals surface area contributed by atoms with Crippen molar-refractivity contribution < 1.29 is 0 Å². The van der Waals surface area contributed by atoms with Gasteiger partial charge in [0.15, 0.2) is 0 Å².